The Balaban J connectivity index is 0.907. The second kappa shape index (κ2) is 17.6. The Bertz CT molecular complexity index is 4390. The van der Waals surface area contributed by atoms with E-state index in [-0.39, 0.29) is 0 Å². The number of fused-ring (bicyclic) bond motifs is 7. The van der Waals surface area contributed by atoms with Gasteiger partial charge in [0.2, 0.25) is 0 Å². The van der Waals surface area contributed by atoms with Crippen LogP contribution in [0.25, 0.3) is 111 Å². The van der Waals surface area contributed by atoms with Crippen LogP contribution >= 0.6 is 0 Å². The van der Waals surface area contributed by atoms with Crippen molar-refractivity contribution in [3.63, 3.8) is 0 Å². The van der Waals surface area contributed by atoms with Crippen LogP contribution in [-0.2, 0) is 19.4 Å². The van der Waals surface area contributed by atoms with Crippen molar-refractivity contribution >= 4 is 54.6 Å². The molecular formula is C64H39N7OPt-2. The third-order valence-corrected chi connectivity index (χ3v) is 14.6. The van der Waals surface area contributed by atoms with Crippen molar-refractivity contribution in [3.05, 3.63) is 253 Å². The minimum atomic E-state index is 0.549. The van der Waals surface area contributed by atoms with Crippen LogP contribution in [0.15, 0.2) is 237 Å². The van der Waals surface area contributed by atoms with Crippen molar-refractivity contribution < 1.29 is 24.1 Å². The van der Waals surface area contributed by atoms with Crippen molar-refractivity contribution in [1.29, 1.82) is 0 Å². The van der Waals surface area contributed by atoms with Crippen LogP contribution in [0.1, 0.15) is 0 Å². The first-order valence-electron chi connectivity index (χ1n) is 24.0. The number of pyridine rings is 1. The number of nitrogens with zero attached hydrogens (tertiary/aromatic N) is 7. The molecule has 0 unspecified atom stereocenters. The number of aromatic nitrogens is 7. The van der Waals surface area contributed by atoms with Crippen molar-refractivity contribution in [2.24, 2.45) is 0 Å². The molecule has 14 rings (SSSR count). The van der Waals surface area contributed by atoms with Crippen LogP contribution < -0.4 is 4.74 Å². The first-order chi connectivity index (χ1) is 36.2. The number of hydrogen-bond donors (Lipinski definition) is 0. The molecule has 73 heavy (non-hydrogen) atoms. The summed E-state index contributed by atoms with van der Waals surface area (Å²) in [5.41, 5.74) is 14.3. The van der Waals surface area contributed by atoms with E-state index >= 15 is 0 Å². The van der Waals surface area contributed by atoms with Crippen LogP contribution in [0.3, 0.4) is 0 Å². The molecule has 9 aromatic carbocycles. The molecule has 0 aliphatic rings. The molecule has 0 amide bonds. The van der Waals surface area contributed by atoms with E-state index in [4.69, 9.17) is 19.7 Å². The standard InChI is InChI=1S/C64H39N7O.Pt/c1-3-18-43(19-4-1)48-27-16-28-49(44-20-5-2-6-21-44)63(48)69-42-68(58-32-13-14-33-59(58)69)45-22-15-23-46(38-45)72-47-34-35-53-52-26-9-12-31-57(52)71(60(53)39-47)62-40-61(54(41-67-62)64-65-36-17-37-66-64)70-55-29-10-7-24-50(55)51-25-8-11-30-56(51)70;/h1-37,40-41H;/q-2;. The summed E-state index contributed by atoms with van der Waals surface area (Å²) in [6, 6.07) is 83.4. The molecule has 14 aromatic rings. The van der Waals surface area contributed by atoms with E-state index in [1.54, 1.807) is 12.4 Å². The van der Waals surface area contributed by atoms with Gasteiger partial charge in [0.05, 0.1) is 22.3 Å². The number of ether oxygens (including phenoxy) is 1. The molecule has 0 saturated carbocycles. The van der Waals surface area contributed by atoms with Gasteiger partial charge in [-0.2, -0.15) is 0 Å². The molecule has 8 nitrogen and oxygen atoms in total. The zero-order valence-corrected chi connectivity index (χ0v) is 41.1. The molecule has 0 N–H and O–H groups in total. The first-order valence-corrected chi connectivity index (χ1v) is 25.1. The fourth-order valence-electron chi connectivity index (χ4n) is 10.5. The Kier molecular flexibility index (Phi) is 10.3. The average Bonchev–Trinajstić information content (AvgIpc) is 4.08. The Labute approximate surface area is 430 Å². The molecule has 0 radical (unpaired) electrons. The Hall–Kier alpha value is -9.23. The predicted octanol–water partition coefficient (Wildman–Crippen LogP) is 15.3. The Morgan fingerprint density at radius 3 is 1.58 bits per heavy atom. The van der Waals surface area contributed by atoms with Gasteiger partial charge in [-0.1, -0.05) is 48.5 Å². The van der Waals surface area contributed by atoms with Gasteiger partial charge in [0.25, 0.3) is 0 Å². The molecule has 0 spiro atoms. The van der Waals surface area contributed by atoms with Crippen LogP contribution in [0.4, 0.5) is 0 Å². The molecule has 0 aliphatic heterocycles. The van der Waals surface area contributed by atoms with Crippen molar-refractivity contribution in [2.45, 2.75) is 0 Å². The van der Waals surface area contributed by atoms with Gasteiger partial charge in [-0.25, -0.2) is 9.97 Å². The molecule has 348 valence electrons. The van der Waals surface area contributed by atoms with Gasteiger partial charge in [-0.05, 0) is 18.2 Å². The summed E-state index contributed by atoms with van der Waals surface area (Å²) in [6.07, 6.45) is 5.44. The number of hydrogen-bond acceptors (Lipinski definition) is 4. The van der Waals surface area contributed by atoms with E-state index in [0.717, 1.165) is 109 Å². The fraction of sp³-hybridized carbons (Fsp3) is 0. The Morgan fingerprint density at radius 2 is 0.932 bits per heavy atom. The van der Waals surface area contributed by atoms with Crippen molar-refractivity contribution in [1.82, 2.24) is 33.2 Å². The van der Waals surface area contributed by atoms with Gasteiger partial charge in [-0.15, -0.1) is 0 Å². The van der Waals surface area contributed by atoms with E-state index in [1.165, 1.54) is 0 Å². The van der Waals surface area contributed by atoms with E-state index < -0.39 is 0 Å². The molecule has 5 heterocycles. The fourth-order valence-corrected chi connectivity index (χ4v) is 11.6. The Morgan fingerprint density at radius 1 is 0.397 bits per heavy atom. The maximum absolute atomic E-state index is 6.80. The molecule has 9 heteroatoms. The monoisotopic (exact) mass is 1120 g/mol. The molecule has 0 saturated heterocycles. The van der Waals surface area contributed by atoms with Crippen LogP contribution in [0.5, 0.6) is 11.5 Å². The summed E-state index contributed by atoms with van der Waals surface area (Å²) < 4.78 is 16.9. The second-order valence-electron chi connectivity index (χ2n) is 17.8. The quantitative estimate of drug-likeness (QED) is 0.135. The normalized spacial score (nSPS) is 11.6. The first kappa shape index (κ1) is 42.6. The van der Waals surface area contributed by atoms with Gasteiger partial charge >= 0.3 is 294 Å². The SMILES string of the molecule is [Pt]=[c]1n(-c2[c-]c(Oc3[c-]c4c(cc3)c3ccccc3n4-c3cc(-n4c5ccccc5c5ccccc54)c(-c4ncccn4)cn3)ccc2)c2ccccc2n1-c1c(-c2ccccc2)cccc1-c1ccccc1. The summed E-state index contributed by atoms with van der Waals surface area (Å²) in [7, 11) is 0. The summed E-state index contributed by atoms with van der Waals surface area (Å²) in [6.45, 7) is 0. The molecule has 0 bridgehead atoms. The predicted molar refractivity (Wildman–Crippen MR) is 288 cm³/mol. The molecule has 5 aromatic heterocycles. The van der Waals surface area contributed by atoms with Gasteiger partial charge < -0.3 is 4.57 Å². The molecular weight excluding hydrogens is 1080 g/mol. The number of imidazole rings is 1. The summed E-state index contributed by atoms with van der Waals surface area (Å²) >= 11 is 2.47. The third-order valence-electron chi connectivity index (χ3n) is 13.6. The zero-order valence-electron chi connectivity index (χ0n) is 38.9. The summed E-state index contributed by atoms with van der Waals surface area (Å²) in [4.78, 5) is 14.6. The number of para-hydroxylation sites is 6. The third kappa shape index (κ3) is 7.09. The maximum atomic E-state index is 6.80. The van der Waals surface area contributed by atoms with Gasteiger partial charge in [-0.3, -0.25) is 0 Å². The van der Waals surface area contributed by atoms with E-state index in [0.29, 0.717) is 17.3 Å². The molecule has 0 aliphatic carbocycles. The van der Waals surface area contributed by atoms with Crippen LogP contribution in [0, 0.1) is 15.9 Å². The van der Waals surface area contributed by atoms with Gasteiger partial charge in [0.15, 0.2) is 5.82 Å². The summed E-state index contributed by atoms with van der Waals surface area (Å²) in [5, 5.41) is 4.43. The van der Waals surface area contributed by atoms with Crippen molar-refractivity contribution in [2.75, 3.05) is 0 Å². The molecule has 0 fully saturated rings. The van der Waals surface area contributed by atoms with Crippen LogP contribution in [-0.4, -0.2) is 33.2 Å². The van der Waals surface area contributed by atoms with E-state index in [1.807, 2.05) is 30.5 Å². The van der Waals surface area contributed by atoms with Gasteiger partial charge in [0, 0.05) is 29.4 Å². The molecule has 0 atom stereocenters. The van der Waals surface area contributed by atoms with Gasteiger partial charge in [0.1, 0.15) is 0 Å². The van der Waals surface area contributed by atoms with E-state index in [2.05, 4.69) is 244 Å². The average molecular weight is 1120 g/mol. The summed E-state index contributed by atoms with van der Waals surface area (Å²) in [5.74, 6) is 2.42. The van der Waals surface area contributed by atoms with E-state index in [9.17, 15) is 0 Å². The number of rotatable bonds is 9. The zero-order chi connectivity index (χ0) is 48.4. The topological polar surface area (TPSA) is 67.6 Å². The second-order valence-corrected chi connectivity index (χ2v) is 18.8. The van der Waals surface area contributed by atoms with Crippen LogP contribution in [0.2, 0.25) is 0 Å². The van der Waals surface area contributed by atoms with Crippen molar-refractivity contribution in [3.8, 4) is 68.0 Å². The minimum absolute atomic E-state index is 0.549. The number of benzene rings is 9.